The minimum Gasteiger partial charge on any atom is -0.398 e. The summed E-state index contributed by atoms with van der Waals surface area (Å²) in [6, 6.07) is 4.97. The molecule has 1 aliphatic rings. The van der Waals surface area contributed by atoms with Crippen LogP contribution in [0.15, 0.2) is 18.2 Å². The molecule has 2 rings (SSSR count). The molecule has 4 heteroatoms. The minimum atomic E-state index is -0.475. The maximum Gasteiger partial charge on any atom is 0.241 e. The third-order valence-corrected chi connectivity index (χ3v) is 2.23. The Morgan fingerprint density at radius 1 is 1.46 bits per heavy atom. The van der Waals surface area contributed by atoms with E-state index in [-0.39, 0.29) is 5.91 Å². The molecule has 13 heavy (non-hydrogen) atoms. The van der Waals surface area contributed by atoms with Gasteiger partial charge >= 0.3 is 0 Å². The zero-order valence-electron chi connectivity index (χ0n) is 7.08. The van der Waals surface area contributed by atoms with Gasteiger partial charge in [-0.25, -0.2) is 0 Å². The highest BCUT2D eigenvalue weighted by Gasteiger charge is 2.23. The number of anilines is 2. The fourth-order valence-corrected chi connectivity index (χ4v) is 1.49. The molecule has 1 aromatic carbocycles. The second-order valence-electron chi connectivity index (χ2n) is 3.17. The van der Waals surface area contributed by atoms with E-state index in [2.05, 4.69) is 5.32 Å². The topological polar surface area (TPSA) is 81.1 Å². The lowest BCUT2D eigenvalue weighted by atomic mass is 9.98. The van der Waals surface area contributed by atoms with Gasteiger partial charge in [-0.15, -0.1) is 0 Å². The molecule has 68 valence electrons. The Bertz CT molecular complexity index is 362. The van der Waals surface area contributed by atoms with Crippen molar-refractivity contribution in [2.45, 2.75) is 12.5 Å². The average Bonchev–Trinajstić information content (AvgIpc) is 2.09. The van der Waals surface area contributed by atoms with E-state index in [1.807, 2.05) is 18.2 Å². The van der Waals surface area contributed by atoms with Crippen LogP contribution in [0, 0.1) is 0 Å². The van der Waals surface area contributed by atoms with Crippen LogP contribution in [0.3, 0.4) is 0 Å². The first kappa shape index (κ1) is 8.07. The lowest BCUT2D eigenvalue weighted by Crippen LogP contribution is -2.41. The maximum absolute atomic E-state index is 11.2. The van der Waals surface area contributed by atoms with Crippen molar-refractivity contribution in [2.75, 3.05) is 11.1 Å². The van der Waals surface area contributed by atoms with Crippen molar-refractivity contribution < 1.29 is 4.79 Å². The monoisotopic (exact) mass is 177 g/mol. The molecule has 0 aliphatic carbocycles. The molecule has 0 fully saturated rings. The van der Waals surface area contributed by atoms with Crippen LogP contribution in [-0.4, -0.2) is 11.9 Å². The summed E-state index contributed by atoms with van der Waals surface area (Å²) in [5.41, 5.74) is 13.7. The number of nitrogens with one attached hydrogen (secondary N) is 1. The summed E-state index contributed by atoms with van der Waals surface area (Å²) in [5, 5.41) is 2.71. The van der Waals surface area contributed by atoms with Gasteiger partial charge in [-0.3, -0.25) is 4.79 Å². The molecule has 0 radical (unpaired) electrons. The number of carbonyl (C=O) groups excluding carboxylic acids is 1. The molecule has 0 saturated carbocycles. The number of fused-ring (bicyclic) bond motifs is 1. The smallest absolute Gasteiger partial charge is 0.241 e. The van der Waals surface area contributed by atoms with E-state index >= 15 is 0 Å². The number of nitrogen functional groups attached to an aromatic ring is 1. The highest BCUT2D eigenvalue weighted by Crippen LogP contribution is 2.26. The van der Waals surface area contributed by atoms with Gasteiger partial charge in [0.25, 0.3) is 0 Å². The molecule has 1 unspecified atom stereocenters. The van der Waals surface area contributed by atoms with Gasteiger partial charge in [0, 0.05) is 23.4 Å². The molecule has 4 nitrogen and oxygen atoms in total. The fourth-order valence-electron chi connectivity index (χ4n) is 1.49. The van der Waals surface area contributed by atoms with Gasteiger partial charge in [0.1, 0.15) is 0 Å². The Hall–Kier alpha value is -1.55. The Kier molecular flexibility index (Phi) is 1.70. The minimum absolute atomic E-state index is 0.141. The molecule has 1 aliphatic heterocycles. The summed E-state index contributed by atoms with van der Waals surface area (Å²) in [6.07, 6.45) is 0.522. The van der Waals surface area contributed by atoms with Crippen molar-refractivity contribution in [3.05, 3.63) is 23.8 Å². The summed E-state index contributed by atoms with van der Waals surface area (Å²) >= 11 is 0. The highest BCUT2D eigenvalue weighted by molar-refractivity contribution is 5.98. The van der Waals surface area contributed by atoms with Gasteiger partial charge < -0.3 is 16.8 Å². The van der Waals surface area contributed by atoms with Gasteiger partial charge in [-0.1, -0.05) is 6.07 Å². The molecule has 1 aromatic rings. The van der Waals surface area contributed by atoms with E-state index < -0.39 is 6.04 Å². The quantitative estimate of drug-likeness (QED) is 0.491. The van der Waals surface area contributed by atoms with E-state index in [0.717, 1.165) is 11.3 Å². The summed E-state index contributed by atoms with van der Waals surface area (Å²) in [6.45, 7) is 0. The van der Waals surface area contributed by atoms with Crippen molar-refractivity contribution in [2.24, 2.45) is 5.73 Å². The van der Waals surface area contributed by atoms with Crippen molar-refractivity contribution >= 4 is 17.3 Å². The zero-order chi connectivity index (χ0) is 9.42. The Balaban J connectivity index is 2.48. The van der Waals surface area contributed by atoms with E-state index in [9.17, 15) is 4.79 Å². The van der Waals surface area contributed by atoms with Gasteiger partial charge in [0.05, 0.1) is 6.04 Å². The van der Waals surface area contributed by atoms with E-state index in [1.54, 1.807) is 0 Å². The van der Waals surface area contributed by atoms with Gasteiger partial charge in [-0.05, 0) is 12.1 Å². The fraction of sp³-hybridized carbons (Fsp3) is 0.222. The lowest BCUT2D eigenvalue weighted by molar-refractivity contribution is -0.117. The summed E-state index contributed by atoms with van der Waals surface area (Å²) in [5.74, 6) is -0.141. The van der Waals surface area contributed by atoms with Crippen LogP contribution in [0.5, 0.6) is 0 Å². The molecule has 0 aromatic heterocycles. The zero-order valence-corrected chi connectivity index (χ0v) is 7.08. The van der Waals surface area contributed by atoms with Crippen LogP contribution >= 0.6 is 0 Å². The maximum atomic E-state index is 11.2. The molecule has 5 N–H and O–H groups in total. The number of amides is 1. The molecule has 1 heterocycles. The standard InChI is InChI=1S/C9H11N3O/c10-6-2-1-3-8-5(6)4-7(11)9(13)12-8/h1-3,7H,4,10-11H2,(H,12,13). The van der Waals surface area contributed by atoms with Crippen LogP contribution < -0.4 is 16.8 Å². The second-order valence-corrected chi connectivity index (χ2v) is 3.17. The Morgan fingerprint density at radius 3 is 3.00 bits per heavy atom. The van der Waals surface area contributed by atoms with Crippen LogP contribution in [0.25, 0.3) is 0 Å². The predicted molar refractivity (Wildman–Crippen MR) is 51.2 cm³/mol. The van der Waals surface area contributed by atoms with Gasteiger partial charge in [-0.2, -0.15) is 0 Å². The van der Waals surface area contributed by atoms with Gasteiger partial charge in [0.15, 0.2) is 0 Å². The molecular formula is C9H11N3O. The summed E-state index contributed by atoms with van der Waals surface area (Å²) in [4.78, 5) is 11.2. The number of hydrogen-bond donors (Lipinski definition) is 3. The molecular weight excluding hydrogens is 166 g/mol. The third kappa shape index (κ3) is 1.25. The third-order valence-electron chi connectivity index (χ3n) is 2.23. The molecule has 0 saturated heterocycles. The molecule has 1 amide bonds. The molecule has 0 spiro atoms. The van der Waals surface area contributed by atoms with Crippen LogP contribution in [0.4, 0.5) is 11.4 Å². The second kappa shape index (κ2) is 2.74. The highest BCUT2D eigenvalue weighted by atomic mass is 16.2. The SMILES string of the molecule is Nc1cccc2c1CC(N)C(=O)N2. The van der Waals surface area contributed by atoms with Crippen molar-refractivity contribution in [3.63, 3.8) is 0 Å². The van der Waals surface area contributed by atoms with Crippen molar-refractivity contribution in [1.29, 1.82) is 0 Å². The van der Waals surface area contributed by atoms with E-state index in [4.69, 9.17) is 11.5 Å². The van der Waals surface area contributed by atoms with Crippen LogP contribution in [0.1, 0.15) is 5.56 Å². The van der Waals surface area contributed by atoms with E-state index in [1.165, 1.54) is 0 Å². The summed E-state index contributed by atoms with van der Waals surface area (Å²) in [7, 11) is 0. The number of hydrogen-bond acceptors (Lipinski definition) is 3. The largest absolute Gasteiger partial charge is 0.398 e. The summed E-state index contributed by atoms with van der Waals surface area (Å²) < 4.78 is 0. The number of nitrogens with two attached hydrogens (primary N) is 2. The normalized spacial score (nSPS) is 20.7. The first-order chi connectivity index (χ1) is 6.18. The Labute approximate surface area is 75.9 Å². The van der Waals surface area contributed by atoms with Gasteiger partial charge in [0.2, 0.25) is 5.91 Å². The first-order valence-electron chi connectivity index (χ1n) is 4.12. The van der Waals surface area contributed by atoms with Crippen LogP contribution in [0.2, 0.25) is 0 Å². The van der Waals surface area contributed by atoms with E-state index in [0.29, 0.717) is 12.1 Å². The molecule has 1 atom stereocenters. The number of benzene rings is 1. The van der Waals surface area contributed by atoms with Crippen molar-refractivity contribution in [1.82, 2.24) is 0 Å². The average molecular weight is 177 g/mol. The van der Waals surface area contributed by atoms with Crippen molar-refractivity contribution in [3.8, 4) is 0 Å². The lowest BCUT2D eigenvalue weighted by Gasteiger charge is -2.22. The molecule has 0 bridgehead atoms. The number of carbonyl (C=O) groups is 1. The predicted octanol–water partition coefficient (Wildman–Crippen LogP) is 0.0907. The first-order valence-corrected chi connectivity index (χ1v) is 4.12. The van der Waals surface area contributed by atoms with Crippen LogP contribution in [-0.2, 0) is 11.2 Å². The number of rotatable bonds is 0. The Morgan fingerprint density at radius 2 is 2.23 bits per heavy atom.